The molecule has 8 heteroatoms. The van der Waals surface area contributed by atoms with Crippen LogP contribution < -0.4 is 4.90 Å². The van der Waals surface area contributed by atoms with E-state index >= 15 is 0 Å². The number of carbonyl (C=O) groups is 1. The fourth-order valence-corrected chi connectivity index (χ4v) is 4.32. The lowest BCUT2D eigenvalue weighted by Gasteiger charge is -2.46. The third kappa shape index (κ3) is 3.28. The van der Waals surface area contributed by atoms with Gasteiger partial charge in [0.05, 0.1) is 33.6 Å². The molecular formula is C22H21N5O2S. The van der Waals surface area contributed by atoms with Crippen molar-refractivity contribution in [3.63, 3.8) is 0 Å². The van der Waals surface area contributed by atoms with Gasteiger partial charge in [0.2, 0.25) is 0 Å². The summed E-state index contributed by atoms with van der Waals surface area (Å²) in [6.45, 7) is 5.05. The van der Waals surface area contributed by atoms with Gasteiger partial charge >= 0.3 is 0 Å². The highest BCUT2D eigenvalue weighted by atomic mass is 32.1. The van der Waals surface area contributed by atoms with Crippen molar-refractivity contribution < 1.29 is 9.90 Å². The van der Waals surface area contributed by atoms with Crippen LogP contribution in [0.4, 0.5) is 5.82 Å². The van der Waals surface area contributed by atoms with E-state index in [4.69, 9.17) is 9.97 Å². The smallest absolute Gasteiger partial charge is 0.165 e. The topological polar surface area (TPSA) is 83.6 Å². The number of fused-ring (bicyclic) bond motifs is 1. The van der Waals surface area contributed by atoms with Gasteiger partial charge < -0.3 is 10.0 Å². The van der Waals surface area contributed by atoms with E-state index in [0.29, 0.717) is 30.0 Å². The van der Waals surface area contributed by atoms with E-state index in [0.717, 1.165) is 28.2 Å². The first-order valence-electron chi connectivity index (χ1n) is 9.75. The Morgan fingerprint density at radius 2 is 2.03 bits per heavy atom. The van der Waals surface area contributed by atoms with Crippen molar-refractivity contribution in [2.75, 3.05) is 18.0 Å². The van der Waals surface area contributed by atoms with Gasteiger partial charge in [-0.2, -0.15) is 5.10 Å². The minimum absolute atomic E-state index is 0.176. The molecule has 1 aliphatic rings. The number of nitrogens with zero attached hydrogens (tertiary/aromatic N) is 5. The van der Waals surface area contributed by atoms with Gasteiger partial charge in [0, 0.05) is 30.8 Å². The molecule has 1 N–H and O–H groups in total. The molecule has 4 aromatic heterocycles. The first kappa shape index (κ1) is 18.9. The molecule has 0 bridgehead atoms. The van der Waals surface area contributed by atoms with Gasteiger partial charge in [-0.05, 0) is 43.5 Å². The quantitative estimate of drug-likeness (QED) is 0.498. The third-order valence-corrected chi connectivity index (χ3v) is 6.49. The standard InChI is InChI=1S/C22H21N5O2S/c1-22(2,29)15-11-26(12-15)20-9-14(13-28)8-18(24-20)16-10-23-27-6-5-17(25-21(16)27)19-4-3-7-30-19/h3-10,13,15,29H,11-12H2,1-2H3. The monoisotopic (exact) mass is 419 g/mol. The predicted octanol–water partition coefficient (Wildman–Crippen LogP) is 3.54. The minimum atomic E-state index is -0.730. The number of anilines is 1. The first-order valence-corrected chi connectivity index (χ1v) is 10.6. The van der Waals surface area contributed by atoms with E-state index in [9.17, 15) is 9.90 Å². The Kier molecular flexibility index (Phi) is 4.41. The van der Waals surface area contributed by atoms with E-state index in [2.05, 4.69) is 10.00 Å². The maximum atomic E-state index is 11.6. The molecule has 0 spiro atoms. The number of aliphatic hydroxyl groups is 1. The molecule has 5 heterocycles. The largest absolute Gasteiger partial charge is 0.390 e. The van der Waals surface area contributed by atoms with Crippen molar-refractivity contribution in [2.24, 2.45) is 5.92 Å². The summed E-state index contributed by atoms with van der Waals surface area (Å²) in [4.78, 5) is 24.3. The molecule has 0 saturated carbocycles. The summed E-state index contributed by atoms with van der Waals surface area (Å²) in [7, 11) is 0. The molecule has 7 nitrogen and oxygen atoms in total. The van der Waals surface area contributed by atoms with Gasteiger partial charge in [-0.25, -0.2) is 14.5 Å². The molecule has 0 radical (unpaired) electrons. The van der Waals surface area contributed by atoms with Gasteiger partial charge in [-0.3, -0.25) is 4.79 Å². The molecule has 0 unspecified atom stereocenters. The van der Waals surface area contributed by atoms with E-state index in [-0.39, 0.29) is 5.92 Å². The molecule has 4 aromatic rings. The molecule has 30 heavy (non-hydrogen) atoms. The summed E-state index contributed by atoms with van der Waals surface area (Å²) in [5.41, 5.74) is 2.83. The van der Waals surface area contributed by atoms with Crippen molar-refractivity contribution >= 4 is 29.1 Å². The van der Waals surface area contributed by atoms with Gasteiger partial charge in [0.25, 0.3) is 0 Å². The van der Waals surface area contributed by atoms with Crippen LogP contribution in [0.5, 0.6) is 0 Å². The molecule has 0 atom stereocenters. The van der Waals surface area contributed by atoms with Crippen molar-refractivity contribution in [1.29, 1.82) is 0 Å². The summed E-state index contributed by atoms with van der Waals surface area (Å²) in [5.74, 6) is 0.901. The lowest BCUT2D eigenvalue weighted by molar-refractivity contribution is 0.00438. The van der Waals surface area contributed by atoms with Crippen LogP contribution in [0, 0.1) is 5.92 Å². The van der Waals surface area contributed by atoms with Crippen molar-refractivity contribution in [1.82, 2.24) is 19.6 Å². The average molecular weight is 420 g/mol. The number of rotatable bonds is 5. The fourth-order valence-electron chi connectivity index (χ4n) is 3.63. The van der Waals surface area contributed by atoms with Gasteiger partial charge in [0.15, 0.2) is 5.65 Å². The predicted molar refractivity (Wildman–Crippen MR) is 117 cm³/mol. The molecule has 0 aromatic carbocycles. The van der Waals surface area contributed by atoms with E-state index < -0.39 is 5.60 Å². The Morgan fingerprint density at radius 3 is 2.73 bits per heavy atom. The zero-order chi connectivity index (χ0) is 20.9. The normalized spacial score (nSPS) is 14.8. The molecule has 1 saturated heterocycles. The van der Waals surface area contributed by atoms with Crippen LogP contribution in [-0.2, 0) is 0 Å². The third-order valence-electron chi connectivity index (χ3n) is 5.59. The first-order chi connectivity index (χ1) is 14.4. The number of aldehydes is 1. The number of hydrogen-bond donors (Lipinski definition) is 1. The van der Waals surface area contributed by atoms with Crippen molar-refractivity contribution in [3.8, 4) is 21.8 Å². The zero-order valence-electron chi connectivity index (χ0n) is 16.7. The SMILES string of the molecule is CC(C)(O)C1CN(c2cc(C=O)cc(-c3cnn4ccc(-c5cccs5)nc34)n2)C1. The highest BCUT2D eigenvalue weighted by Gasteiger charge is 2.38. The second-order valence-electron chi connectivity index (χ2n) is 8.13. The Morgan fingerprint density at radius 1 is 1.20 bits per heavy atom. The average Bonchev–Trinajstić information content (AvgIpc) is 3.34. The summed E-state index contributed by atoms with van der Waals surface area (Å²) in [6.07, 6.45) is 4.45. The number of aromatic nitrogens is 4. The Balaban J connectivity index is 1.55. The number of hydrogen-bond acceptors (Lipinski definition) is 7. The fraction of sp³-hybridized carbons (Fsp3) is 0.273. The summed E-state index contributed by atoms with van der Waals surface area (Å²) >= 11 is 1.63. The van der Waals surface area contributed by atoms with Gasteiger partial charge in [-0.15, -0.1) is 11.3 Å². The van der Waals surface area contributed by atoms with Crippen LogP contribution in [-0.4, -0.2) is 49.7 Å². The summed E-state index contributed by atoms with van der Waals surface area (Å²) in [6, 6.07) is 9.52. The van der Waals surface area contributed by atoms with Crippen LogP contribution in [0.1, 0.15) is 24.2 Å². The second kappa shape index (κ2) is 7.00. The molecule has 0 aliphatic carbocycles. The van der Waals surface area contributed by atoms with Crippen LogP contribution in [0.2, 0.25) is 0 Å². The highest BCUT2D eigenvalue weighted by molar-refractivity contribution is 7.13. The van der Waals surface area contributed by atoms with Crippen LogP contribution in [0.3, 0.4) is 0 Å². The van der Waals surface area contributed by atoms with Crippen LogP contribution in [0.15, 0.2) is 48.1 Å². The Bertz CT molecular complexity index is 1220. The van der Waals surface area contributed by atoms with Crippen molar-refractivity contribution in [3.05, 3.63) is 53.7 Å². The number of pyridine rings is 1. The summed E-state index contributed by atoms with van der Waals surface area (Å²) in [5, 5.41) is 16.6. The molecule has 152 valence electrons. The molecular weight excluding hydrogens is 398 g/mol. The maximum absolute atomic E-state index is 11.6. The van der Waals surface area contributed by atoms with E-state index in [1.165, 1.54) is 0 Å². The summed E-state index contributed by atoms with van der Waals surface area (Å²) < 4.78 is 1.72. The lowest BCUT2D eigenvalue weighted by Crippen LogP contribution is -2.56. The number of thiophene rings is 1. The second-order valence-corrected chi connectivity index (χ2v) is 9.08. The molecule has 0 amide bonds. The Labute approximate surface area is 177 Å². The maximum Gasteiger partial charge on any atom is 0.165 e. The number of carbonyl (C=O) groups excluding carboxylic acids is 1. The minimum Gasteiger partial charge on any atom is -0.390 e. The van der Waals surface area contributed by atoms with Gasteiger partial charge in [-0.1, -0.05) is 6.07 Å². The van der Waals surface area contributed by atoms with E-state index in [1.807, 2.05) is 43.6 Å². The van der Waals surface area contributed by atoms with Crippen molar-refractivity contribution in [2.45, 2.75) is 19.4 Å². The molecule has 1 fully saturated rings. The Hall–Kier alpha value is -3.10. The van der Waals surface area contributed by atoms with Gasteiger partial charge in [0.1, 0.15) is 12.1 Å². The zero-order valence-corrected chi connectivity index (χ0v) is 17.5. The van der Waals surface area contributed by atoms with Crippen LogP contribution in [0.25, 0.3) is 27.5 Å². The molecule has 1 aliphatic heterocycles. The lowest BCUT2D eigenvalue weighted by atomic mass is 9.84. The molecule has 5 rings (SSSR count). The van der Waals surface area contributed by atoms with Crippen LogP contribution >= 0.6 is 11.3 Å². The highest BCUT2D eigenvalue weighted by Crippen LogP contribution is 2.33. The van der Waals surface area contributed by atoms with E-state index in [1.54, 1.807) is 34.2 Å².